The molecular formula is C14H26N2O3. The minimum Gasteiger partial charge on any atom is -0.480 e. The fourth-order valence-corrected chi connectivity index (χ4v) is 2.38. The Morgan fingerprint density at radius 3 is 2.21 bits per heavy atom. The molecule has 1 N–H and O–H groups in total. The molecule has 0 aromatic heterocycles. The number of piperazine rings is 1. The van der Waals surface area contributed by atoms with Crippen molar-refractivity contribution in [2.45, 2.75) is 45.4 Å². The number of rotatable bonds is 8. The van der Waals surface area contributed by atoms with Gasteiger partial charge in [-0.25, -0.2) is 0 Å². The maximum atomic E-state index is 12.0. The van der Waals surface area contributed by atoms with Crippen LogP contribution in [-0.2, 0) is 9.59 Å². The SMILES string of the molecule is CCCCCCCC(=O)N1CCN(CC(=O)O)CC1. The van der Waals surface area contributed by atoms with E-state index >= 15 is 0 Å². The fraction of sp³-hybridized carbons (Fsp3) is 0.857. The first-order chi connectivity index (χ1) is 9.13. The molecule has 0 spiro atoms. The summed E-state index contributed by atoms with van der Waals surface area (Å²) in [5.74, 6) is -0.567. The molecule has 0 unspecified atom stereocenters. The molecule has 5 nitrogen and oxygen atoms in total. The van der Waals surface area contributed by atoms with Crippen molar-refractivity contribution in [3.63, 3.8) is 0 Å². The van der Waals surface area contributed by atoms with E-state index in [-0.39, 0.29) is 12.5 Å². The van der Waals surface area contributed by atoms with Crippen molar-refractivity contribution in [3.05, 3.63) is 0 Å². The highest BCUT2D eigenvalue weighted by atomic mass is 16.4. The predicted octanol–water partition coefficient (Wildman–Crippen LogP) is 1.58. The Morgan fingerprint density at radius 2 is 1.63 bits per heavy atom. The second-order valence-electron chi connectivity index (χ2n) is 5.21. The lowest BCUT2D eigenvalue weighted by Gasteiger charge is -2.33. The van der Waals surface area contributed by atoms with E-state index in [4.69, 9.17) is 5.11 Å². The molecule has 0 bridgehead atoms. The highest BCUT2D eigenvalue weighted by Gasteiger charge is 2.21. The van der Waals surface area contributed by atoms with Crippen LogP contribution in [-0.4, -0.2) is 59.5 Å². The van der Waals surface area contributed by atoms with Crippen molar-refractivity contribution in [3.8, 4) is 0 Å². The Bertz CT molecular complexity index is 286. The van der Waals surface area contributed by atoms with Gasteiger partial charge in [0, 0.05) is 32.6 Å². The molecule has 1 saturated heterocycles. The number of carboxylic acid groups (broad SMARTS) is 1. The monoisotopic (exact) mass is 270 g/mol. The molecule has 110 valence electrons. The molecular weight excluding hydrogens is 244 g/mol. The molecule has 19 heavy (non-hydrogen) atoms. The minimum absolute atomic E-state index is 0.0824. The average Bonchev–Trinajstić information content (AvgIpc) is 2.38. The van der Waals surface area contributed by atoms with Gasteiger partial charge in [0.1, 0.15) is 0 Å². The van der Waals surface area contributed by atoms with Crippen LogP contribution in [0.15, 0.2) is 0 Å². The van der Waals surface area contributed by atoms with Gasteiger partial charge in [-0.15, -0.1) is 0 Å². The summed E-state index contributed by atoms with van der Waals surface area (Å²) in [6.45, 7) is 4.95. The van der Waals surface area contributed by atoms with Crippen LogP contribution < -0.4 is 0 Å². The van der Waals surface area contributed by atoms with Crippen molar-refractivity contribution in [1.29, 1.82) is 0 Å². The molecule has 1 aliphatic heterocycles. The summed E-state index contributed by atoms with van der Waals surface area (Å²) < 4.78 is 0. The summed E-state index contributed by atoms with van der Waals surface area (Å²) in [5.41, 5.74) is 0. The quantitative estimate of drug-likeness (QED) is 0.680. The number of nitrogens with zero attached hydrogens (tertiary/aromatic N) is 2. The zero-order valence-electron chi connectivity index (χ0n) is 11.9. The minimum atomic E-state index is -0.796. The van der Waals surface area contributed by atoms with E-state index in [9.17, 15) is 9.59 Å². The van der Waals surface area contributed by atoms with E-state index in [1.807, 2.05) is 9.80 Å². The summed E-state index contributed by atoms with van der Waals surface area (Å²) >= 11 is 0. The van der Waals surface area contributed by atoms with Crippen LogP contribution in [0.2, 0.25) is 0 Å². The molecule has 0 radical (unpaired) electrons. The van der Waals surface area contributed by atoms with Crippen molar-refractivity contribution >= 4 is 11.9 Å². The van der Waals surface area contributed by atoms with E-state index in [1.165, 1.54) is 19.3 Å². The second kappa shape index (κ2) is 8.91. The van der Waals surface area contributed by atoms with Crippen LogP contribution in [0.25, 0.3) is 0 Å². The molecule has 0 aliphatic carbocycles. The third-order valence-corrected chi connectivity index (χ3v) is 3.58. The molecule has 0 aromatic carbocycles. The molecule has 1 heterocycles. The summed E-state index contributed by atoms with van der Waals surface area (Å²) in [5, 5.41) is 8.71. The Labute approximate surface area is 115 Å². The Balaban J connectivity index is 2.12. The number of aliphatic carboxylic acids is 1. The van der Waals surface area contributed by atoms with Gasteiger partial charge in [0.2, 0.25) is 5.91 Å². The summed E-state index contributed by atoms with van der Waals surface area (Å²) in [7, 11) is 0. The van der Waals surface area contributed by atoms with Gasteiger partial charge in [0.25, 0.3) is 0 Å². The topological polar surface area (TPSA) is 60.9 Å². The van der Waals surface area contributed by atoms with Gasteiger partial charge in [-0.2, -0.15) is 0 Å². The Hall–Kier alpha value is -1.10. The standard InChI is InChI=1S/C14H26N2O3/c1-2-3-4-5-6-7-13(17)16-10-8-15(9-11-16)12-14(18)19/h2-12H2,1H3,(H,18,19). The van der Waals surface area contributed by atoms with E-state index in [0.717, 1.165) is 12.8 Å². The molecule has 1 rings (SSSR count). The van der Waals surface area contributed by atoms with Gasteiger partial charge >= 0.3 is 5.97 Å². The lowest BCUT2D eigenvalue weighted by Crippen LogP contribution is -2.49. The summed E-state index contributed by atoms with van der Waals surface area (Å²) in [6.07, 6.45) is 6.45. The zero-order valence-corrected chi connectivity index (χ0v) is 11.9. The first kappa shape index (κ1) is 16.0. The maximum Gasteiger partial charge on any atom is 0.317 e. The average molecular weight is 270 g/mol. The number of unbranched alkanes of at least 4 members (excludes halogenated alkanes) is 4. The molecule has 0 atom stereocenters. The first-order valence-electron chi connectivity index (χ1n) is 7.35. The van der Waals surface area contributed by atoms with Gasteiger partial charge in [-0.3, -0.25) is 14.5 Å². The highest BCUT2D eigenvalue weighted by Crippen LogP contribution is 2.09. The van der Waals surface area contributed by atoms with Crippen molar-refractivity contribution in [2.75, 3.05) is 32.7 Å². The molecule has 5 heteroatoms. The van der Waals surface area contributed by atoms with E-state index in [0.29, 0.717) is 32.6 Å². The maximum absolute atomic E-state index is 12.0. The Morgan fingerprint density at radius 1 is 1.00 bits per heavy atom. The number of hydrogen-bond acceptors (Lipinski definition) is 3. The molecule has 0 aromatic rings. The van der Waals surface area contributed by atoms with Crippen molar-refractivity contribution < 1.29 is 14.7 Å². The smallest absolute Gasteiger partial charge is 0.317 e. The lowest BCUT2D eigenvalue weighted by atomic mass is 10.1. The zero-order chi connectivity index (χ0) is 14.1. The van der Waals surface area contributed by atoms with Crippen LogP contribution in [0.4, 0.5) is 0 Å². The summed E-state index contributed by atoms with van der Waals surface area (Å²) in [4.78, 5) is 26.3. The predicted molar refractivity (Wildman–Crippen MR) is 74.0 cm³/mol. The van der Waals surface area contributed by atoms with E-state index in [2.05, 4.69) is 6.92 Å². The molecule has 1 fully saturated rings. The summed E-state index contributed by atoms with van der Waals surface area (Å²) in [6, 6.07) is 0. The normalized spacial score (nSPS) is 16.6. The van der Waals surface area contributed by atoms with Gasteiger partial charge in [-0.05, 0) is 6.42 Å². The van der Waals surface area contributed by atoms with Gasteiger partial charge in [0.15, 0.2) is 0 Å². The third kappa shape index (κ3) is 6.57. The van der Waals surface area contributed by atoms with Crippen molar-refractivity contribution in [2.24, 2.45) is 0 Å². The number of amides is 1. The van der Waals surface area contributed by atoms with Crippen LogP contribution in [0.1, 0.15) is 45.4 Å². The van der Waals surface area contributed by atoms with Crippen LogP contribution in [0.5, 0.6) is 0 Å². The fourth-order valence-electron chi connectivity index (χ4n) is 2.38. The van der Waals surface area contributed by atoms with E-state index in [1.54, 1.807) is 0 Å². The highest BCUT2D eigenvalue weighted by molar-refractivity contribution is 5.76. The molecule has 1 aliphatic rings. The van der Waals surface area contributed by atoms with Crippen LogP contribution in [0.3, 0.4) is 0 Å². The third-order valence-electron chi connectivity index (χ3n) is 3.58. The van der Waals surface area contributed by atoms with Gasteiger partial charge in [-0.1, -0.05) is 32.6 Å². The number of carbonyl (C=O) groups is 2. The van der Waals surface area contributed by atoms with Gasteiger partial charge in [0.05, 0.1) is 6.54 Å². The lowest BCUT2D eigenvalue weighted by molar-refractivity contribution is -0.139. The number of carbonyl (C=O) groups excluding carboxylic acids is 1. The van der Waals surface area contributed by atoms with Gasteiger partial charge < -0.3 is 10.0 Å². The molecule has 0 saturated carbocycles. The van der Waals surface area contributed by atoms with Crippen LogP contribution in [0, 0.1) is 0 Å². The van der Waals surface area contributed by atoms with Crippen molar-refractivity contribution in [1.82, 2.24) is 9.80 Å². The number of hydrogen-bond donors (Lipinski definition) is 1. The Kier molecular flexibility index (Phi) is 7.48. The van der Waals surface area contributed by atoms with Crippen LogP contribution >= 0.6 is 0 Å². The largest absolute Gasteiger partial charge is 0.480 e. The second-order valence-corrected chi connectivity index (χ2v) is 5.21. The number of carboxylic acids is 1. The molecule has 1 amide bonds. The van der Waals surface area contributed by atoms with E-state index < -0.39 is 5.97 Å². The first-order valence-corrected chi connectivity index (χ1v) is 7.35.